The summed E-state index contributed by atoms with van der Waals surface area (Å²) in [7, 11) is 0. The van der Waals surface area contributed by atoms with Crippen LogP contribution in [-0.4, -0.2) is 0 Å². The van der Waals surface area contributed by atoms with Crippen molar-refractivity contribution in [1.82, 2.24) is 5.32 Å². The fourth-order valence-electron chi connectivity index (χ4n) is 2.63. The number of benzene rings is 3. The summed E-state index contributed by atoms with van der Waals surface area (Å²) in [5.74, 6) is 0. The molecule has 0 aliphatic rings. The molecule has 1 nitrogen and oxygen atoms in total. The van der Waals surface area contributed by atoms with Gasteiger partial charge in [0.2, 0.25) is 0 Å². The van der Waals surface area contributed by atoms with Crippen molar-refractivity contribution in [2.75, 3.05) is 0 Å². The Balaban J connectivity index is 1.66. The fourth-order valence-corrected chi connectivity index (χ4v) is 2.63. The summed E-state index contributed by atoms with van der Waals surface area (Å²) in [6, 6.07) is 27.9. The Bertz CT molecular complexity index is 732. The molecule has 3 rings (SSSR count). The molecule has 22 heavy (non-hydrogen) atoms. The minimum Gasteiger partial charge on any atom is -0.309 e. The van der Waals surface area contributed by atoms with E-state index in [1.807, 2.05) is 0 Å². The number of aryl methyl sites for hydroxylation is 1. The summed E-state index contributed by atoms with van der Waals surface area (Å²) in [6.07, 6.45) is 0. The largest absolute Gasteiger partial charge is 0.309 e. The molecular formula is C21H21N. The first-order chi connectivity index (χ1) is 10.8. The van der Waals surface area contributed by atoms with E-state index in [9.17, 15) is 0 Å². The molecule has 0 spiro atoms. The standard InChI is InChI=1S/C21H21N/c1-17-7-5-11-20(13-17)21-12-6-10-19(14-21)16-22-15-18-8-3-2-4-9-18/h2-14,22H,15-16H2,1H3. The highest BCUT2D eigenvalue weighted by Gasteiger charge is 2.00. The second-order valence-corrected chi connectivity index (χ2v) is 5.66. The van der Waals surface area contributed by atoms with Crippen LogP contribution in [0.5, 0.6) is 0 Å². The van der Waals surface area contributed by atoms with E-state index in [4.69, 9.17) is 0 Å². The van der Waals surface area contributed by atoms with Gasteiger partial charge in [-0.15, -0.1) is 0 Å². The maximum atomic E-state index is 3.51. The molecule has 0 saturated heterocycles. The Morgan fingerprint density at radius 1 is 0.636 bits per heavy atom. The van der Waals surface area contributed by atoms with Crippen LogP contribution >= 0.6 is 0 Å². The lowest BCUT2D eigenvalue weighted by Crippen LogP contribution is -2.12. The van der Waals surface area contributed by atoms with Gasteiger partial charge in [0.05, 0.1) is 0 Å². The summed E-state index contributed by atoms with van der Waals surface area (Å²) >= 11 is 0. The van der Waals surface area contributed by atoms with Crippen LogP contribution in [0.15, 0.2) is 78.9 Å². The molecule has 3 aromatic carbocycles. The van der Waals surface area contributed by atoms with Crippen LogP contribution in [0.2, 0.25) is 0 Å². The normalized spacial score (nSPS) is 10.6. The quantitative estimate of drug-likeness (QED) is 0.700. The second kappa shape index (κ2) is 7.06. The maximum absolute atomic E-state index is 3.51. The smallest absolute Gasteiger partial charge is 0.0208 e. The first-order valence-electron chi connectivity index (χ1n) is 7.72. The molecule has 0 aliphatic carbocycles. The summed E-state index contributed by atoms with van der Waals surface area (Å²) in [6.45, 7) is 3.92. The van der Waals surface area contributed by atoms with Crippen molar-refractivity contribution < 1.29 is 0 Å². The van der Waals surface area contributed by atoms with Crippen molar-refractivity contribution in [3.8, 4) is 11.1 Å². The van der Waals surface area contributed by atoms with Crippen LogP contribution in [-0.2, 0) is 13.1 Å². The topological polar surface area (TPSA) is 12.0 Å². The van der Waals surface area contributed by atoms with E-state index >= 15 is 0 Å². The van der Waals surface area contributed by atoms with Gasteiger partial charge in [-0.05, 0) is 35.2 Å². The van der Waals surface area contributed by atoms with Crippen molar-refractivity contribution in [2.24, 2.45) is 0 Å². The third-order valence-electron chi connectivity index (χ3n) is 3.78. The lowest BCUT2D eigenvalue weighted by molar-refractivity contribution is 0.693. The van der Waals surface area contributed by atoms with Gasteiger partial charge in [0.15, 0.2) is 0 Å². The van der Waals surface area contributed by atoms with E-state index < -0.39 is 0 Å². The minimum atomic E-state index is 0.883. The summed E-state index contributed by atoms with van der Waals surface area (Å²) in [5, 5.41) is 3.51. The summed E-state index contributed by atoms with van der Waals surface area (Å²) < 4.78 is 0. The zero-order valence-electron chi connectivity index (χ0n) is 12.9. The lowest BCUT2D eigenvalue weighted by Gasteiger charge is -2.08. The van der Waals surface area contributed by atoms with E-state index in [-0.39, 0.29) is 0 Å². The van der Waals surface area contributed by atoms with Crippen LogP contribution in [0.1, 0.15) is 16.7 Å². The molecule has 0 aromatic heterocycles. The zero-order chi connectivity index (χ0) is 15.2. The fraction of sp³-hybridized carbons (Fsp3) is 0.143. The van der Waals surface area contributed by atoms with Gasteiger partial charge >= 0.3 is 0 Å². The van der Waals surface area contributed by atoms with E-state index in [1.54, 1.807) is 0 Å². The molecule has 110 valence electrons. The first-order valence-corrected chi connectivity index (χ1v) is 7.72. The highest BCUT2D eigenvalue weighted by Crippen LogP contribution is 2.21. The Morgan fingerprint density at radius 3 is 2.05 bits per heavy atom. The lowest BCUT2D eigenvalue weighted by atomic mass is 10.0. The van der Waals surface area contributed by atoms with Crippen molar-refractivity contribution in [2.45, 2.75) is 20.0 Å². The number of hydrogen-bond donors (Lipinski definition) is 1. The molecule has 3 aromatic rings. The number of nitrogens with one attached hydrogen (secondary N) is 1. The number of hydrogen-bond acceptors (Lipinski definition) is 1. The molecule has 0 unspecified atom stereocenters. The summed E-state index contributed by atoms with van der Waals surface area (Å²) in [4.78, 5) is 0. The Labute approximate surface area is 132 Å². The van der Waals surface area contributed by atoms with Gasteiger partial charge in [-0.2, -0.15) is 0 Å². The minimum absolute atomic E-state index is 0.883. The third kappa shape index (κ3) is 3.84. The molecule has 0 saturated carbocycles. The molecule has 1 heteroatoms. The van der Waals surface area contributed by atoms with Gasteiger partial charge in [0.25, 0.3) is 0 Å². The molecule has 0 atom stereocenters. The predicted octanol–water partition coefficient (Wildman–Crippen LogP) is 4.95. The van der Waals surface area contributed by atoms with Crippen molar-refractivity contribution in [1.29, 1.82) is 0 Å². The molecule has 0 heterocycles. The monoisotopic (exact) mass is 287 g/mol. The van der Waals surface area contributed by atoms with Crippen LogP contribution in [0.25, 0.3) is 11.1 Å². The van der Waals surface area contributed by atoms with Crippen LogP contribution < -0.4 is 5.32 Å². The van der Waals surface area contributed by atoms with Gasteiger partial charge in [-0.1, -0.05) is 78.4 Å². The van der Waals surface area contributed by atoms with Crippen LogP contribution in [0, 0.1) is 6.92 Å². The molecule has 0 radical (unpaired) electrons. The van der Waals surface area contributed by atoms with Gasteiger partial charge in [-0.3, -0.25) is 0 Å². The molecule has 0 aliphatic heterocycles. The van der Waals surface area contributed by atoms with Gasteiger partial charge in [-0.25, -0.2) is 0 Å². The molecule has 0 bridgehead atoms. The van der Waals surface area contributed by atoms with E-state index in [0.29, 0.717) is 0 Å². The highest BCUT2D eigenvalue weighted by molar-refractivity contribution is 5.64. The molecule has 0 fully saturated rings. The van der Waals surface area contributed by atoms with Crippen molar-refractivity contribution in [3.63, 3.8) is 0 Å². The molecule has 1 N–H and O–H groups in total. The van der Waals surface area contributed by atoms with Gasteiger partial charge in [0, 0.05) is 13.1 Å². The molecule has 0 amide bonds. The first kappa shape index (κ1) is 14.6. The Kier molecular flexibility index (Phi) is 4.67. The molecular weight excluding hydrogens is 266 g/mol. The Hall–Kier alpha value is -2.38. The van der Waals surface area contributed by atoms with Crippen molar-refractivity contribution >= 4 is 0 Å². The summed E-state index contributed by atoms with van der Waals surface area (Å²) in [5.41, 5.74) is 6.49. The SMILES string of the molecule is Cc1cccc(-c2cccc(CNCc3ccccc3)c2)c1. The van der Waals surface area contributed by atoms with Crippen molar-refractivity contribution in [3.05, 3.63) is 95.6 Å². The van der Waals surface area contributed by atoms with E-state index in [2.05, 4.69) is 91.1 Å². The van der Waals surface area contributed by atoms with E-state index in [0.717, 1.165) is 13.1 Å². The average Bonchev–Trinajstić information content (AvgIpc) is 2.56. The maximum Gasteiger partial charge on any atom is 0.0208 e. The van der Waals surface area contributed by atoms with Crippen LogP contribution in [0.3, 0.4) is 0 Å². The predicted molar refractivity (Wildman–Crippen MR) is 93.6 cm³/mol. The third-order valence-corrected chi connectivity index (χ3v) is 3.78. The van der Waals surface area contributed by atoms with Crippen LogP contribution in [0.4, 0.5) is 0 Å². The number of rotatable bonds is 5. The zero-order valence-corrected chi connectivity index (χ0v) is 12.9. The average molecular weight is 287 g/mol. The van der Waals surface area contributed by atoms with E-state index in [1.165, 1.54) is 27.8 Å². The second-order valence-electron chi connectivity index (χ2n) is 5.66. The van der Waals surface area contributed by atoms with Gasteiger partial charge < -0.3 is 5.32 Å². The van der Waals surface area contributed by atoms with Gasteiger partial charge in [0.1, 0.15) is 0 Å². The Morgan fingerprint density at radius 2 is 1.27 bits per heavy atom. The highest BCUT2D eigenvalue weighted by atomic mass is 14.8.